The fourth-order valence-corrected chi connectivity index (χ4v) is 4.71. The molecule has 1 aromatic carbocycles. The van der Waals surface area contributed by atoms with Crippen LogP contribution in [-0.2, 0) is 32.6 Å². The molecule has 1 saturated heterocycles. The lowest BCUT2D eigenvalue weighted by atomic mass is 9.62. The number of carbonyl (C=O) groups excluding carboxylic acids is 2. The molecule has 2 aromatic rings. The van der Waals surface area contributed by atoms with Gasteiger partial charge in [-0.05, 0) is 55.5 Å². The molecule has 1 amide bonds. The molecule has 2 aliphatic heterocycles. The number of aryl methyl sites for hydroxylation is 1. The number of Topliss-reactive ketones (excluding diaryl/α,β-unsaturated/α-hetero) is 1. The van der Waals surface area contributed by atoms with Crippen molar-refractivity contribution in [3.8, 4) is 0 Å². The quantitative estimate of drug-likeness (QED) is 0.760. The number of ether oxygens (including phenoxy) is 1. The zero-order valence-electron chi connectivity index (χ0n) is 16.9. The van der Waals surface area contributed by atoms with Crippen LogP contribution in [0.4, 0.5) is 10.1 Å². The van der Waals surface area contributed by atoms with E-state index in [1.165, 1.54) is 12.1 Å². The van der Waals surface area contributed by atoms with Gasteiger partial charge in [0.25, 0.3) is 5.91 Å². The minimum atomic E-state index is -0.563. The van der Waals surface area contributed by atoms with Gasteiger partial charge in [0.1, 0.15) is 17.7 Å². The highest BCUT2D eigenvalue weighted by Crippen LogP contribution is 2.45. The van der Waals surface area contributed by atoms with Gasteiger partial charge in [-0.25, -0.2) is 4.39 Å². The first-order valence-corrected chi connectivity index (χ1v) is 10.8. The van der Waals surface area contributed by atoms with Crippen LogP contribution in [0.3, 0.4) is 0 Å². The molecule has 0 N–H and O–H groups in total. The maximum atomic E-state index is 13.3. The number of anilines is 1. The van der Waals surface area contributed by atoms with Gasteiger partial charge >= 0.3 is 0 Å². The summed E-state index contributed by atoms with van der Waals surface area (Å²) in [6, 6.07) is 10.0. The number of hydrogen-bond acceptors (Lipinski definition) is 4. The van der Waals surface area contributed by atoms with Crippen LogP contribution in [0.15, 0.2) is 36.4 Å². The van der Waals surface area contributed by atoms with Crippen LogP contribution in [0.2, 0.25) is 0 Å². The number of amides is 1. The van der Waals surface area contributed by atoms with Crippen LogP contribution in [0, 0.1) is 5.82 Å². The maximum absolute atomic E-state index is 13.3. The van der Waals surface area contributed by atoms with E-state index in [-0.39, 0.29) is 30.0 Å². The molecule has 1 unspecified atom stereocenters. The molecule has 3 heterocycles. The predicted octanol–water partition coefficient (Wildman–Crippen LogP) is 3.52. The van der Waals surface area contributed by atoms with Gasteiger partial charge in [-0.3, -0.25) is 14.6 Å². The van der Waals surface area contributed by atoms with Gasteiger partial charge < -0.3 is 9.64 Å². The Kier molecular flexibility index (Phi) is 4.89. The van der Waals surface area contributed by atoms with Crippen molar-refractivity contribution in [1.82, 2.24) is 4.98 Å². The Labute approximate surface area is 175 Å². The lowest BCUT2D eigenvalue weighted by Crippen LogP contribution is -2.48. The van der Waals surface area contributed by atoms with E-state index in [1.54, 1.807) is 17.0 Å². The molecule has 2 fully saturated rings. The topological polar surface area (TPSA) is 59.5 Å². The number of halogens is 1. The molecule has 5 nitrogen and oxygen atoms in total. The van der Waals surface area contributed by atoms with Crippen LogP contribution in [0.1, 0.15) is 49.1 Å². The number of rotatable bonds is 5. The summed E-state index contributed by atoms with van der Waals surface area (Å²) in [7, 11) is 0. The number of fused-ring (bicyclic) bond motifs is 1. The summed E-state index contributed by atoms with van der Waals surface area (Å²) in [4.78, 5) is 32.7. The highest BCUT2D eigenvalue weighted by molar-refractivity contribution is 5.98. The molecule has 30 heavy (non-hydrogen) atoms. The highest BCUT2D eigenvalue weighted by Gasteiger charge is 2.46. The minimum absolute atomic E-state index is 0.0162. The average Bonchev–Trinajstić information content (AvgIpc) is 2.67. The summed E-state index contributed by atoms with van der Waals surface area (Å²) >= 11 is 0. The second-order valence-electron chi connectivity index (χ2n) is 8.57. The van der Waals surface area contributed by atoms with Gasteiger partial charge in [0.2, 0.25) is 0 Å². The molecule has 5 rings (SSSR count). The van der Waals surface area contributed by atoms with Crippen molar-refractivity contribution in [3.05, 3.63) is 59.2 Å². The third-order valence-electron chi connectivity index (χ3n) is 6.79. The van der Waals surface area contributed by atoms with E-state index >= 15 is 0 Å². The highest BCUT2D eigenvalue weighted by atomic mass is 19.1. The first kappa shape index (κ1) is 19.4. The van der Waals surface area contributed by atoms with Crippen molar-refractivity contribution in [2.75, 3.05) is 18.1 Å². The van der Waals surface area contributed by atoms with Crippen molar-refractivity contribution in [1.29, 1.82) is 0 Å². The van der Waals surface area contributed by atoms with Gasteiger partial charge in [-0.15, -0.1) is 0 Å². The predicted molar refractivity (Wildman–Crippen MR) is 110 cm³/mol. The van der Waals surface area contributed by atoms with E-state index in [0.717, 1.165) is 61.2 Å². The molecule has 0 bridgehead atoms. The van der Waals surface area contributed by atoms with E-state index in [1.807, 2.05) is 12.1 Å². The van der Waals surface area contributed by atoms with Gasteiger partial charge in [-0.2, -0.15) is 0 Å². The molecule has 0 spiro atoms. The number of carbonyl (C=O) groups is 2. The van der Waals surface area contributed by atoms with Crippen LogP contribution in [0.5, 0.6) is 0 Å². The Morgan fingerprint density at radius 3 is 2.53 bits per heavy atom. The monoisotopic (exact) mass is 408 g/mol. The Balaban J connectivity index is 1.41. The molecule has 3 aliphatic rings. The maximum Gasteiger partial charge on any atom is 0.256 e. The summed E-state index contributed by atoms with van der Waals surface area (Å²) in [5.41, 5.74) is 2.82. The van der Waals surface area contributed by atoms with E-state index < -0.39 is 5.41 Å². The van der Waals surface area contributed by atoms with Crippen LogP contribution < -0.4 is 4.90 Å². The normalized spacial score (nSPS) is 21.9. The first-order chi connectivity index (χ1) is 14.6. The first-order valence-electron chi connectivity index (χ1n) is 10.8. The van der Waals surface area contributed by atoms with Crippen LogP contribution >= 0.6 is 0 Å². The lowest BCUT2D eigenvalue weighted by molar-refractivity contribution is -0.142. The van der Waals surface area contributed by atoms with E-state index in [0.29, 0.717) is 13.2 Å². The molecular weight excluding hydrogens is 383 g/mol. The Bertz CT molecular complexity index is 980. The van der Waals surface area contributed by atoms with Crippen molar-refractivity contribution in [2.24, 2.45) is 0 Å². The van der Waals surface area contributed by atoms with E-state index in [2.05, 4.69) is 0 Å². The number of hydrogen-bond donors (Lipinski definition) is 0. The molecule has 6 heteroatoms. The minimum Gasteiger partial charge on any atom is -0.368 e. The number of ketones is 1. The number of benzene rings is 1. The number of pyridine rings is 1. The van der Waals surface area contributed by atoms with Crippen LogP contribution in [0.25, 0.3) is 0 Å². The summed E-state index contributed by atoms with van der Waals surface area (Å²) in [6.45, 7) is 1.33. The molecule has 0 radical (unpaired) electrons. The summed E-state index contributed by atoms with van der Waals surface area (Å²) in [5.74, 6) is -0.144. The SMILES string of the molecule is O=C(C1CCO1)N1CCCc2nc(C3(C(=O)Cc4ccc(F)cc4)CCC3)ccc21. The van der Waals surface area contributed by atoms with Crippen LogP contribution in [-0.4, -0.2) is 35.9 Å². The summed E-state index contributed by atoms with van der Waals surface area (Å²) < 4.78 is 18.6. The Hall–Kier alpha value is -2.60. The molecule has 156 valence electrons. The molecular formula is C24H25FN2O3. The molecule has 1 saturated carbocycles. The van der Waals surface area contributed by atoms with E-state index in [4.69, 9.17) is 9.72 Å². The zero-order valence-corrected chi connectivity index (χ0v) is 16.9. The van der Waals surface area contributed by atoms with Gasteiger partial charge in [0.15, 0.2) is 0 Å². The van der Waals surface area contributed by atoms with Crippen molar-refractivity contribution >= 4 is 17.4 Å². The standard InChI is InChI=1S/C24H25FN2O3/c25-17-6-4-16(5-7-17)15-22(28)24(11-2-12-24)21-9-8-19-18(26-21)3-1-13-27(19)23(29)20-10-14-30-20/h4-9,20H,1-3,10-15H2. The van der Waals surface area contributed by atoms with Crippen molar-refractivity contribution < 1.29 is 18.7 Å². The number of nitrogens with zero attached hydrogens (tertiary/aromatic N) is 2. The molecule has 1 atom stereocenters. The smallest absolute Gasteiger partial charge is 0.256 e. The fraction of sp³-hybridized carbons (Fsp3) is 0.458. The van der Waals surface area contributed by atoms with Crippen molar-refractivity contribution in [3.63, 3.8) is 0 Å². The third-order valence-corrected chi connectivity index (χ3v) is 6.79. The Morgan fingerprint density at radius 2 is 1.90 bits per heavy atom. The average molecular weight is 408 g/mol. The summed E-state index contributed by atoms with van der Waals surface area (Å²) in [6.07, 6.45) is 4.97. The summed E-state index contributed by atoms with van der Waals surface area (Å²) in [5, 5.41) is 0. The van der Waals surface area contributed by atoms with E-state index in [9.17, 15) is 14.0 Å². The van der Waals surface area contributed by atoms with Crippen molar-refractivity contribution in [2.45, 2.75) is 56.5 Å². The lowest BCUT2D eigenvalue weighted by Gasteiger charge is -2.41. The Morgan fingerprint density at radius 1 is 1.13 bits per heavy atom. The zero-order chi connectivity index (χ0) is 20.7. The third kappa shape index (κ3) is 3.23. The second kappa shape index (κ2) is 7.58. The molecule has 1 aliphatic carbocycles. The van der Waals surface area contributed by atoms with Gasteiger partial charge in [0, 0.05) is 19.4 Å². The number of aromatic nitrogens is 1. The second-order valence-corrected chi connectivity index (χ2v) is 8.57. The fourth-order valence-electron chi connectivity index (χ4n) is 4.71. The van der Waals surface area contributed by atoms with Gasteiger partial charge in [0.05, 0.1) is 29.1 Å². The largest absolute Gasteiger partial charge is 0.368 e. The van der Waals surface area contributed by atoms with Gasteiger partial charge in [-0.1, -0.05) is 18.6 Å². The molecule has 1 aromatic heterocycles.